The molecule has 0 aliphatic carbocycles. The predicted molar refractivity (Wildman–Crippen MR) is 98.2 cm³/mol. The molecule has 0 saturated carbocycles. The van der Waals surface area contributed by atoms with Crippen molar-refractivity contribution in [2.75, 3.05) is 11.9 Å². The molecule has 0 spiro atoms. The average molecular weight is 368 g/mol. The van der Waals surface area contributed by atoms with Crippen LogP contribution in [0.5, 0.6) is 0 Å². The Morgan fingerprint density at radius 1 is 0.889 bits per heavy atom. The molecule has 2 aromatic carbocycles. The number of hydrogen-bond donors (Lipinski definition) is 2. The van der Waals surface area contributed by atoms with Gasteiger partial charge in [0.2, 0.25) is 0 Å². The summed E-state index contributed by atoms with van der Waals surface area (Å²) in [6.07, 6.45) is 3.13. The fraction of sp³-hybridized carbons (Fsp3) is 0.150. The van der Waals surface area contributed by atoms with Crippen molar-refractivity contribution in [3.8, 4) is 0 Å². The maximum atomic E-state index is 13.6. The largest absolute Gasteiger partial charge is 0.365 e. The molecule has 0 saturated heterocycles. The van der Waals surface area contributed by atoms with E-state index in [1.165, 1.54) is 24.5 Å². The Morgan fingerprint density at radius 3 is 2.19 bits per heavy atom. The van der Waals surface area contributed by atoms with Crippen molar-refractivity contribution in [3.05, 3.63) is 89.4 Å². The predicted octanol–water partition coefficient (Wildman–Crippen LogP) is 3.34. The van der Waals surface area contributed by atoms with E-state index >= 15 is 0 Å². The minimum absolute atomic E-state index is 0.153. The van der Waals surface area contributed by atoms with Crippen LogP contribution in [0.4, 0.5) is 14.6 Å². The average Bonchev–Trinajstić information content (AvgIpc) is 2.69. The second kappa shape index (κ2) is 8.84. The van der Waals surface area contributed by atoms with Crippen LogP contribution in [0.25, 0.3) is 0 Å². The van der Waals surface area contributed by atoms with Crippen LogP contribution < -0.4 is 10.6 Å². The Bertz CT molecular complexity index is 916. The molecule has 0 aliphatic heterocycles. The van der Waals surface area contributed by atoms with Gasteiger partial charge in [-0.05, 0) is 24.1 Å². The lowest BCUT2D eigenvalue weighted by Crippen LogP contribution is -2.27. The first kappa shape index (κ1) is 18.4. The summed E-state index contributed by atoms with van der Waals surface area (Å²) in [4.78, 5) is 20.2. The molecule has 1 amide bonds. The van der Waals surface area contributed by atoms with Crippen molar-refractivity contribution in [2.45, 2.75) is 13.0 Å². The van der Waals surface area contributed by atoms with Gasteiger partial charge in [0.05, 0.1) is 12.4 Å². The van der Waals surface area contributed by atoms with Gasteiger partial charge >= 0.3 is 0 Å². The highest BCUT2D eigenvalue weighted by atomic mass is 19.1. The quantitative estimate of drug-likeness (QED) is 0.671. The van der Waals surface area contributed by atoms with Gasteiger partial charge < -0.3 is 10.6 Å². The van der Waals surface area contributed by atoms with Gasteiger partial charge in [-0.3, -0.25) is 4.79 Å². The number of halogens is 2. The number of amides is 1. The Hall–Kier alpha value is -3.35. The first-order valence-corrected chi connectivity index (χ1v) is 8.44. The van der Waals surface area contributed by atoms with Crippen LogP contribution in [0.15, 0.2) is 60.9 Å². The summed E-state index contributed by atoms with van der Waals surface area (Å²) in [5, 5.41) is 5.63. The van der Waals surface area contributed by atoms with Gasteiger partial charge in [-0.2, -0.15) is 0 Å². The maximum absolute atomic E-state index is 13.6. The molecule has 0 atom stereocenters. The van der Waals surface area contributed by atoms with E-state index in [2.05, 4.69) is 20.6 Å². The first-order chi connectivity index (χ1) is 13.1. The molecule has 2 N–H and O–H groups in total. The minimum atomic E-state index is -0.389. The van der Waals surface area contributed by atoms with Crippen LogP contribution in [0.1, 0.15) is 21.6 Å². The highest BCUT2D eigenvalue weighted by Crippen LogP contribution is 2.10. The van der Waals surface area contributed by atoms with Gasteiger partial charge in [0, 0.05) is 18.7 Å². The third-order valence-corrected chi connectivity index (χ3v) is 3.94. The molecule has 0 fully saturated rings. The van der Waals surface area contributed by atoms with Crippen molar-refractivity contribution >= 4 is 11.7 Å². The van der Waals surface area contributed by atoms with Crippen molar-refractivity contribution < 1.29 is 13.6 Å². The van der Waals surface area contributed by atoms with Crippen molar-refractivity contribution in [3.63, 3.8) is 0 Å². The Balaban J connectivity index is 1.50. The molecule has 3 aromatic rings. The van der Waals surface area contributed by atoms with Crippen molar-refractivity contribution in [1.82, 2.24) is 15.3 Å². The van der Waals surface area contributed by atoms with Crippen LogP contribution in [-0.2, 0) is 13.0 Å². The number of hydrogen-bond acceptors (Lipinski definition) is 4. The van der Waals surface area contributed by atoms with Crippen molar-refractivity contribution in [1.29, 1.82) is 0 Å². The topological polar surface area (TPSA) is 66.9 Å². The standard InChI is InChI=1S/C20H18F2N4O/c21-16-7-3-1-5-14(16)9-10-23-20(27)18-12-26-19(13-24-18)25-11-15-6-2-4-8-17(15)22/h1-8,12-13H,9-11H2,(H,23,27)(H,25,26). The van der Waals surface area contributed by atoms with E-state index in [-0.39, 0.29) is 36.3 Å². The smallest absolute Gasteiger partial charge is 0.271 e. The molecule has 1 heterocycles. The van der Waals surface area contributed by atoms with Gasteiger partial charge in [-0.1, -0.05) is 36.4 Å². The van der Waals surface area contributed by atoms with Crippen LogP contribution in [0.2, 0.25) is 0 Å². The summed E-state index contributed by atoms with van der Waals surface area (Å²) in [7, 11) is 0. The summed E-state index contributed by atoms with van der Waals surface area (Å²) < 4.78 is 27.1. The minimum Gasteiger partial charge on any atom is -0.365 e. The van der Waals surface area contributed by atoms with Crippen LogP contribution >= 0.6 is 0 Å². The zero-order chi connectivity index (χ0) is 19.1. The number of nitrogens with zero attached hydrogens (tertiary/aromatic N) is 2. The maximum Gasteiger partial charge on any atom is 0.271 e. The third-order valence-electron chi connectivity index (χ3n) is 3.94. The molecule has 3 rings (SSSR count). The molecule has 5 nitrogen and oxygen atoms in total. The van der Waals surface area contributed by atoms with E-state index in [0.717, 1.165) is 0 Å². The summed E-state index contributed by atoms with van der Waals surface area (Å²) in [6, 6.07) is 12.9. The van der Waals surface area contributed by atoms with E-state index in [1.807, 2.05) is 0 Å². The van der Waals surface area contributed by atoms with Gasteiger partial charge in [-0.15, -0.1) is 0 Å². The fourth-order valence-corrected chi connectivity index (χ4v) is 2.47. The lowest BCUT2D eigenvalue weighted by atomic mass is 10.1. The number of aromatic nitrogens is 2. The second-order valence-electron chi connectivity index (χ2n) is 5.83. The van der Waals surface area contributed by atoms with E-state index in [9.17, 15) is 13.6 Å². The van der Waals surface area contributed by atoms with Gasteiger partial charge in [0.15, 0.2) is 0 Å². The Kier molecular flexibility index (Phi) is 6.04. The SMILES string of the molecule is O=C(NCCc1ccccc1F)c1cnc(NCc2ccccc2F)cn1. The van der Waals surface area contributed by atoms with Crippen molar-refractivity contribution in [2.24, 2.45) is 0 Å². The van der Waals surface area contributed by atoms with Crippen LogP contribution in [0.3, 0.4) is 0 Å². The molecular formula is C20H18F2N4O. The number of rotatable bonds is 7. The molecule has 138 valence electrons. The summed E-state index contributed by atoms with van der Waals surface area (Å²) >= 11 is 0. The molecule has 0 unspecified atom stereocenters. The summed E-state index contributed by atoms with van der Waals surface area (Å²) in [5.41, 5.74) is 1.20. The summed E-state index contributed by atoms with van der Waals surface area (Å²) in [6.45, 7) is 0.546. The lowest BCUT2D eigenvalue weighted by molar-refractivity contribution is 0.0948. The lowest BCUT2D eigenvalue weighted by Gasteiger charge is -2.08. The highest BCUT2D eigenvalue weighted by Gasteiger charge is 2.09. The van der Waals surface area contributed by atoms with Gasteiger partial charge in [0.1, 0.15) is 23.1 Å². The molecule has 0 radical (unpaired) electrons. The number of carbonyl (C=O) groups is 1. The zero-order valence-electron chi connectivity index (χ0n) is 14.5. The molecule has 0 bridgehead atoms. The molecule has 1 aromatic heterocycles. The van der Waals surface area contributed by atoms with E-state index < -0.39 is 0 Å². The normalized spacial score (nSPS) is 10.4. The van der Waals surface area contributed by atoms with Gasteiger partial charge in [0.25, 0.3) is 5.91 Å². The van der Waals surface area contributed by atoms with E-state index in [1.54, 1.807) is 36.4 Å². The van der Waals surface area contributed by atoms with E-state index in [0.29, 0.717) is 23.4 Å². The number of benzene rings is 2. The third kappa shape index (κ3) is 5.07. The van der Waals surface area contributed by atoms with E-state index in [4.69, 9.17) is 0 Å². The van der Waals surface area contributed by atoms with Crippen LogP contribution in [-0.4, -0.2) is 22.4 Å². The molecular weight excluding hydrogens is 350 g/mol. The number of carbonyl (C=O) groups excluding carboxylic acids is 1. The second-order valence-corrected chi connectivity index (χ2v) is 5.83. The fourth-order valence-electron chi connectivity index (χ4n) is 2.47. The Morgan fingerprint density at radius 2 is 1.56 bits per heavy atom. The monoisotopic (exact) mass is 368 g/mol. The highest BCUT2D eigenvalue weighted by molar-refractivity contribution is 5.91. The molecule has 27 heavy (non-hydrogen) atoms. The number of nitrogens with one attached hydrogen (secondary N) is 2. The van der Waals surface area contributed by atoms with Gasteiger partial charge in [-0.25, -0.2) is 18.7 Å². The Labute approximate surface area is 155 Å². The number of anilines is 1. The first-order valence-electron chi connectivity index (χ1n) is 8.44. The summed E-state index contributed by atoms with van der Waals surface area (Å²) in [5.74, 6) is -0.554. The molecule has 7 heteroatoms. The van der Waals surface area contributed by atoms with Crippen LogP contribution in [0, 0.1) is 11.6 Å². The zero-order valence-corrected chi connectivity index (χ0v) is 14.5. The molecule has 0 aliphatic rings.